The Morgan fingerprint density at radius 1 is 1.17 bits per heavy atom. The Bertz CT molecular complexity index is 914. The zero-order chi connectivity index (χ0) is 21.2. The molecule has 5 nitrogen and oxygen atoms in total. The lowest BCUT2D eigenvalue weighted by Gasteiger charge is -2.30. The molecule has 0 spiro atoms. The third kappa shape index (κ3) is 4.80. The highest BCUT2D eigenvalue weighted by Crippen LogP contribution is 2.39. The van der Waals surface area contributed by atoms with Crippen LogP contribution in [-0.2, 0) is 4.74 Å². The normalized spacial score (nSPS) is 14.6. The minimum absolute atomic E-state index is 0.104. The van der Waals surface area contributed by atoms with Crippen LogP contribution in [-0.4, -0.2) is 29.0 Å². The fraction of sp³-hybridized carbons (Fsp3) is 0.304. The molecule has 0 radical (unpaired) electrons. The van der Waals surface area contributed by atoms with Crippen molar-refractivity contribution < 1.29 is 14.3 Å². The predicted molar refractivity (Wildman–Crippen MR) is 115 cm³/mol. The maximum Gasteiger partial charge on any atom is 0.407 e. The Kier molecular flexibility index (Phi) is 5.99. The number of halogens is 1. The van der Waals surface area contributed by atoms with Gasteiger partial charge in [0.2, 0.25) is 0 Å². The minimum atomic E-state index is -0.572. The van der Waals surface area contributed by atoms with E-state index in [0.29, 0.717) is 29.2 Å². The molecule has 1 aliphatic heterocycles. The van der Waals surface area contributed by atoms with Gasteiger partial charge in [0.05, 0.1) is 6.04 Å². The Hall–Kier alpha value is -2.79. The SMILES string of the molecule is C=C1c2ccccc2C(=O)N1C(CCNC(=O)OC(C)(C)C)c1cccc(Cl)c1. The highest BCUT2D eigenvalue weighted by atomic mass is 35.5. The van der Waals surface area contributed by atoms with E-state index in [0.717, 1.165) is 11.1 Å². The number of carbonyl (C=O) groups is 2. The van der Waals surface area contributed by atoms with Crippen LogP contribution in [0.2, 0.25) is 5.02 Å². The quantitative estimate of drug-likeness (QED) is 0.713. The molecule has 0 bridgehead atoms. The third-order valence-corrected chi connectivity index (χ3v) is 4.84. The van der Waals surface area contributed by atoms with Gasteiger partial charge in [-0.15, -0.1) is 0 Å². The van der Waals surface area contributed by atoms with E-state index >= 15 is 0 Å². The zero-order valence-electron chi connectivity index (χ0n) is 16.9. The molecule has 152 valence electrons. The monoisotopic (exact) mass is 412 g/mol. The van der Waals surface area contributed by atoms with E-state index in [2.05, 4.69) is 11.9 Å². The Morgan fingerprint density at radius 3 is 2.48 bits per heavy atom. The largest absolute Gasteiger partial charge is 0.444 e. The number of alkyl carbamates (subject to hydrolysis) is 1. The summed E-state index contributed by atoms with van der Waals surface area (Å²) in [4.78, 5) is 26.8. The van der Waals surface area contributed by atoms with Gasteiger partial charge in [-0.25, -0.2) is 4.79 Å². The number of rotatable bonds is 5. The van der Waals surface area contributed by atoms with E-state index in [-0.39, 0.29) is 11.9 Å². The summed E-state index contributed by atoms with van der Waals surface area (Å²) in [7, 11) is 0. The molecule has 0 aliphatic carbocycles. The van der Waals surface area contributed by atoms with E-state index in [1.54, 1.807) is 17.0 Å². The fourth-order valence-corrected chi connectivity index (χ4v) is 3.62. The van der Waals surface area contributed by atoms with Crippen LogP contribution in [0, 0.1) is 0 Å². The third-order valence-electron chi connectivity index (χ3n) is 4.61. The second-order valence-electron chi connectivity index (χ2n) is 7.96. The highest BCUT2D eigenvalue weighted by Gasteiger charge is 2.36. The van der Waals surface area contributed by atoms with Crippen molar-refractivity contribution in [1.82, 2.24) is 10.2 Å². The Balaban J connectivity index is 1.83. The first kappa shape index (κ1) is 20.9. The molecule has 1 heterocycles. The summed E-state index contributed by atoms with van der Waals surface area (Å²) >= 11 is 6.20. The molecule has 0 saturated heterocycles. The molecule has 0 fully saturated rings. The Morgan fingerprint density at radius 2 is 1.86 bits per heavy atom. The molecule has 2 amide bonds. The summed E-state index contributed by atoms with van der Waals surface area (Å²) in [6.07, 6.45) is -0.00424. The maximum atomic E-state index is 13.1. The number of hydrogen-bond acceptors (Lipinski definition) is 3. The number of ether oxygens (including phenoxy) is 1. The number of carbonyl (C=O) groups excluding carboxylic acids is 2. The van der Waals surface area contributed by atoms with Crippen molar-refractivity contribution >= 4 is 29.3 Å². The smallest absolute Gasteiger partial charge is 0.407 e. The van der Waals surface area contributed by atoms with Crippen molar-refractivity contribution in [1.29, 1.82) is 0 Å². The van der Waals surface area contributed by atoms with E-state index < -0.39 is 11.7 Å². The molecule has 1 atom stereocenters. The van der Waals surface area contributed by atoms with Crippen molar-refractivity contribution in [3.8, 4) is 0 Å². The number of nitrogens with one attached hydrogen (secondary N) is 1. The summed E-state index contributed by atoms with van der Waals surface area (Å²) in [6.45, 7) is 9.91. The van der Waals surface area contributed by atoms with Gasteiger partial charge >= 0.3 is 6.09 Å². The van der Waals surface area contributed by atoms with Crippen LogP contribution in [0.4, 0.5) is 4.79 Å². The molecule has 1 aliphatic rings. The second-order valence-corrected chi connectivity index (χ2v) is 8.39. The van der Waals surface area contributed by atoms with Crippen LogP contribution in [0.3, 0.4) is 0 Å². The van der Waals surface area contributed by atoms with Crippen LogP contribution < -0.4 is 5.32 Å². The summed E-state index contributed by atoms with van der Waals surface area (Å²) < 4.78 is 5.29. The molecule has 2 aromatic rings. The lowest BCUT2D eigenvalue weighted by molar-refractivity contribution is 0.0524. The summed E-state index contributed by atoms with van der Waals surface area (Å²) in [5.41, 5.74) is 2.41. The van der Waals surface area contributed by atoms with Crippen molar-refractivity contribution in [3.63, 3.8) is 0 Å². The van der Waals surface area contributed by atoms with Gasteiger partial charge < -0.3 is 15.0 Å². The molecule has 29 heavy (non-hydrogen) atoms. The standard InChI is InChI=1S/C23H25ClN2O3/c1-15-18-10-5-6-11-19(18)21(27)26(15)20(16-8-7-9-17(24)14-16)12-13-25-22(28)29-23(2,3)4/h5-11,14,20H,1,12-13H2,2-4H3,(H,25,28). The predicted octanol–water partition coefficient (Wildman–Crippen LogP) is 5.42. The van der Waals surface area contributed by atoms with E-state index in [4.69, 9.17) is 16.3 Å². The average Bonchev–Trinajstić information content (AvgIpc) is 2.89. The minimum Gasteiger partial charge on any atom is -0.444 e. The van der Waals surface area contributed by atoms with Crippen LogP contribution in [0.25, 0.3) is 5.70 Å². The summed E-state index contributed by atoms with van der Waals surface area (Å²) in [5, 5.41) is 3.35. The lowest BCUT2D eigenvalue weighted by Crippen LogP contribution is -2.35. The first-order valence-corrected chi connectivity index (χ1v) is 9.89. The van der Waals surface area contributed by atoms with Crippen LogP contribution in [0.5, 0.6) is 0 Å². The molecule has 0 saturated carbocycles. The van der Waals surface area contributed by atoms with Gasteiger partial charge in [-0.05, 0) is 51.0 Å². The molecule has 0 aromatic heterocycles. The second kappa shape index (κ2) is 8.29. The molecular weight excluding hydrogens is 388 g/mol. The van der Waals surface area contributed by atoms with E-state index in [9.17, 15) is 9.59 Å². The van der Waals surface area contributed by atoms with Crippen molar-refractivity contribution in [2.45, 2.75) is 38.8 Å². The van der Waals surface area contributed by atoms with Crippen LogP contribution in [0.15, 0.2) is 55.1 Å². The number of fused-ring (bicyclic) bond motifs is 1. The first-order valence-electron chi connectivity index (χ1n) is 9.51. The zero-order valence-corrected chi connectivity index (χ0v) is 17.6. The number of benzene rings is 2. The number of amides is 2. The van der Waals surface area contributed by atoms with Crippen LogP contribution in [0.1, 0.15) is 54.7 Å². The topological polar surface area (TPSA) is 58.6 Å². The van der Waals surface area contributed by atoms with Crippen molar-refractivity contribution in [2.75, 3.05) is 6.54 Å². The van der Waals surface area contributed by atoms with E-state index in [1.807, 2.05) is 57.2 Å². The highest BCUT2D eigenvalue weighted by molar-refractivity contribution is 6.30. The van der Waals surface area contributed by atoms with Gasteiger partial charge in [0.25, 0.3) is 5.91 Å². The van der Waals surface area contributed by atoms with Gasteiger partial charge in [-0.1, -0.05) is 48.5 Å². The average molecular weight is 413 g/mol. The van der Waals surface area contributed by atoms with Gasteiger partial charge in [-0.2, -0.15) is 0 Å². The van der Waals surface area contributed by atoms with Gasteiger partial charge in [0.1, 0.15) is 5.60 Å². The van der Waals surface area contributed by atoms with Gasteiger partial charge in [0.15, 0.2) is 0 Å². The molecule has 1 N–H and O–H groups in total. The van der Waals surface area contributed by atoms with Crippen molar-refractivity contribution in [2.24, 2.45) is 0 Å². The molecule has 1 unspecified atom stereocenters. The maximum absolute atomic E-state index is 13.1. The molecule has 6 heteroatoms. The van der Waals surface area contributed by atoms with Crippen LogP contribution >= 0.6 is 11.6 Å². The van der Waals surface area contributed by atoms with Gasteiger partial charge in [0, 0.05) is 28.4 Å². The first-order chi connectivity index (χ1) is 13.7. The van der Waals surface area contributed by atoms with Gasteiger partial charge in [-0.3, -0.25) is 4.79 Å². The van der Waals surface area contributed by atoms with E-state index in [1.165, 1.54) is 0 Å². The lowest BCUT2D eigenvalue weighted by atomic mass is 10.0. The fourth-order valence-electron chi connectivity index (χ4n) is 3.42. The summed E-state index contributed by atoms with van der Waals surface area (Å²) in [5.74, 6) is -0.104. The molecule has 2 aromatic carbocycles. The molecule has 3 rings (SSSR count). The Labute approximate surface area is 176 Å². The molecular formula is C23H25ClN2O3. The van der Waals surface area contributed by atoms with Crippen molar-refractivity contribution in [3.05, 3.63) is 76.8 Å². The summed E-state index contributed by atoms with van der Waals surface area (Å²) in [6, 6.07) is 14.5. The number of hydrogen-bond donors (Lipinski definition) is 1. The number of nitrogens with zero attached hydrogens (tertiary/aromatic N) is 1.